The maximum absolute atomic E-state index is 13.1. The first-order valence-electron chi connectivity index (χ1n) is 4.53. The standard InChI is InChI=1S/C10H10F5N/c1-16-8(10(13,14)15)5-6-3-2-4-7(11)9(6)12/h2-4,8,16H,5H2,1H3. The van der Waals surface area contributed by atoms with Crippen LogP contribution in [0.2, 0.25) is 0 Å². The van der Waals surface area contributed by atoms with Gasteiger partial charge in [0, 0.05) is 0 Å². The van der Waals surface area contributed by atoms with Gasteiger partial charge >= 0.3 is 6.18 Å². The Kier molecular flexibility index (Phi) is 3.85. The Hall–Kier alpha value is -1.17. The first kappa shape index (κ1) is 12.9. The Bertz CT molecular complexity index is 361. The summed E-state index contributed by atoms with van der Waals surface area (Å²) < 4.78 is 62.9. The third kappa shape index (κ3) is 2.91. The van der Waals surface area contributed by atoms with Crippen LogP contribution in [0.5, 0.6) is 0 Å². The van der Waals surface area contributed by atoms with Gasteiger partial charge in [-0.2, -0.15) is 13.2 Å². The molecule has 0 spiro atoms. The van der Waals surface area contributed by atoms with Crippen molar-refractivity contribution in [1.82, 2.24) is 5.32 Å². The van der Waals surface area contributed by atoms with Crippen molar-refractivity contribution in [3.8, 4) is 0 Å². The molecule has 1 unspecified atom stereocenters. The molecule has 6 heteroatoms. The zero-order chi connectivity index (χ0) is 12.3. The summed E-state index contributed by atoms with van der Waals surface area (Å²) in [5.41, 5.74) is -0.295. The molecule has 0 fully saturated rings. The third-order valence-electron chi connectivity index (χ3n) is 2.20. The van der Waals surface area contributed by atoms with Gasteiger partial charge in [0.25, 0.3) is 0 Å². The summed E-state index contributed by atoms with van der Waals surface area (Å²) in [6.07, 6.45) is -5.13. The van der Waals surface area contributed by atoms with Crippen molar-refractivity contribution < 1.29 is 22.0 Å². The molecule has 0 heterocycles. The predicted octanol–water partition coefficient (Wildman–Crippen LogP) is 2.66. The Morgan fingerprint density at radius 1 is 1.25 bits per heavy atom. The van der Waals surface area contributed by atoms with Crippen molar-refractivity contribution >= 4 is 0 Å². The maximum Gasteiger partial charge on any atom is 0.404 e. The van der Waals surface area contributed by atoms with Crippen LogP contribution in [0.3, 0.4) is 0 Å². The summed E-state index contributed by atoms with van der Waals surface area (Å²) in [7, 11) is 1.12. The topological polar surface area (TPSA) is 12.0 Å². The maximum atomic E-state index is 13.1. The number of rotatable bonds is 3. The zero-order valence-corrected chi connectivity index (χ0v) is 8.41. The highest BCUT2D eigenvalue weighted by Crippen LogP contribution is 2.24. The fourth-order valence-corrected chi connectivity index (χ4v) is 1.31. The van der Waals surface area contributed by atoms with Crippen LogP contribution in [-0.2, 0) is 6.42 Å². The molecule has 0 aliphatic heterocycles. The molecular formula is C10H10F5N. The van der Waals surface area contributed by atoms with Crippen LogP contribution in [0.15, 0.2) is 18.2 Å². The quantitative estimate of drug-likeness (QED) is 0.799. The van der Waals surface area contributed by atoms with Crippen molar-refractivity contribution in [2.45, 2.75) is 18.6 Å². The first-order chi connectivity index (χ1) is 7.36. The Labute approximate surface area is 89.3 Å². The second-order valence-electron chi connectivity index (χ2n) is 3.30. The number of benzene rings is 1. The van der Waals surface area contributed by atoms with Crippen molar-refractivity contribution in [3.05, 3.63) is 35.4 Å². The van der Waals surface area contributed by atoms with Crippen LogP contribution in [0.4, 0.5) is 22.0 Å². The molecule has 0 saturated carbocycles. The van der Waals surface area contributed by atoms with Gasteiger partial charge in [0.05, 0.1) is 0 Å². The minimum absolute atomic E-state index is 0.295. The smallest absolute Gasteiger partial charge is 0.309 e. The highest BCUT2D eigenvalue weighted by atomic mass is 19.4. The lowest BCUT2D eigenvalue weighted by molar-refractivity contribution is -0.154. The lowest BCUT2D eigenvalue weighted by atomic mass is 10.0. The molecule has 0 aromatic heterocycles. The molecule has 90 valence electrons. The van der Waals surface area contributed by atoms with E-state index in [0.29, 0.717) is 0 Å². The highest BCUT2D eigenvalue weighted by molar-refractivity contribution is 5.20. The molecule has 0 radical (unpaired) electrons. The Morgan fingerprint density at radius 3 is 2.38 bits per heavy atom. The number of alkyl halides is 3. The summed E-state index contributed by atoms with van der Waals surface area (Å²) in [6.45, 7) is 0. The molecule has 1 aromatic carbocycles. The first-order valence-corrected chi connectivity index (χ1v) is 4.53. The van der Waals surface area contributed by atoms with E-state index in [1.807, 2.05) is 5.32 Å². The molecule has 0 aliphatic carbocycles. The van der Waals surface area contributed by atoms with Gasteiger partial charge in [0.1, 0.15) is 6.04 Å². The van der Waals surface area contributed by atoms with Crippen LogP contribution >= 0.6 is 0 Å². The number of nitrogens with one attached hydrogen (secondary N) is 1. The van der Waals surface area contributed by atoms with E-state index in [1.54, 1.807) is 0 Å². The lowest BCUT2D eigenvalue weighted by Gasteiger charge is -2.19. The van der Waals surface area contributed by atoms with Gasteiger partial charge < -0.3 is 5.32 Å². The van der Waals surface area contributed by atoms with Gasteiger partial charge in [-0.15, -0.1) is 0 Å². The van der Waals surface area contributed by atoms with Crippen molar-refractivity contribution in [1.29, 1.82) is 0 Å². The van der Waals surface area contributed by atoms with E-state index >= 15 is 0 Å². The number of halogens is 5. The lowest BCUT2D eigenvalue weighted by Crippen LogP contribution is -2.42. The average Bonchev–Trinajstić information content (AvgIpc) is 2.18. The van der Waals surface area contributed by atoms with Gasteiger partial charge in [-0.05, 0) is 25.1 Å². The van der Waals surface area contributed by atoms with Crippen LogP contribution < -0.4 is 5.32 Å². The number of hydrogen-bond acceptors (Lipinski definition) is 1. The monoisotopic (exact) mass is 239 g/mol. The minimum Gasteiger partial charge on any atom is -0.309 e. The molecule has 1 nitrogen and oxygen atoms in total. The van der Waals surface area contributed by atoms with E-state index < -0.39 is 30.3 Å². The molecule has 1 atom stereocenters. The molecule has 0 saturated heterocycles. The van der Waals surface area contributed by atoms with E-state index in [9.17, 15) is 22.0 Å². The van der Waals surface area contributed by atoms with Crippen LogP contribution in [0.25, 0.3) is 0 Å². The van der Waals surface area contributed by atoms with Crippen LogP contribution in [-0.4, -0.2) is 19.3 Å². The summed E-state index contributed by atoms with van der Waals surface area (Å²) in [5, 5.41) is 2.02. The van der Waals surface area contributed by atoms with E-state index in [0.717, 1.165) is 19.2 Å². The second-order valence-corrected chi connectivity index (χ2v) is 3.30. The summed E-state index contributed by atoms with van der Waals surface area (Å²) >= 11 is 0. The second kappa shape index (κ2) is 4.78. The third-order valence-corrected chi connectivity index (χ3v) is 2.20. The van der Waals surface area contributed by atoms with Gasteiger partial charge in [0.15, 0.2) is 11.6 Å². The Morgan fingerprint density at radius 2 is 1.88 bits per heavy atom. The number of likely N-dealkylation sites (N-methyl/N-ethyl adjacent to an activating group) is 1. The van der Waals surface area contributed by atoms with Gasteiger partial charge in [0.2, 0.25) is 0 Å². The molecule has 0 bridgehead atoms. The molecule has 1 N–H and O–H groups in total. The minimum atomic E-state index is -4.49. The van der Waals surface area contributed by atoms with Crippen molar-refractivity contribution in [3.63, 3.8) is 0 Å². The molecule has 0 amide bonds. The molecule has 1 aromatic rings. The number of hydrogen-bond donors (Lipinski definition) is 1. The molecule has 0 aliphatic rings. The summed E-state index contributed by atoms with van der Waals surface area (Å²) in [6, 6.07) is 1.29. The summed E-state index contributed by atoms with van der Waals surface area (Å²) in [4.78, 5) is 0. The van der Waals surface area contributed by atoms with Crippen molar-refractivity contribution in [2.75, 3.05) is 7.05 Å². The van der Waals surface area contributed by atoms with E-state index in [4.69, 9.17) is 0 Å². The van der Waals surface area contributed by atoms with Gasteiger partial charge in [-0.3, -0.25) is 0 Å². The molecule has 16 heavy (non-hydrogen) atoms. The van der Waals surface area contributed by atoms with E-state index in [-0.39, 0.29) is 5.56 Å². The fourth-order valence-electron chi connectivity index (χ4n) is 1.31. The zero-order valence-electron chi connectivity index (χ0n) is 8.41. The van der Waals surface area contributed by atoms with Crippen molar-refractivity contribution in [2.24, 2.45) is 0 Å². The van der Waals surface area contributed by atoms with E-state index in [2.05, 4.69) is 0 Å². The SMILES string of the molecule is CNC(Cc1cccc(F)c1F)C(F)(F)F. The summed E-state index contributed by atoms with van der Waals surface area (Å²) in [5.74, 6) is -2.37. The van der Waals surface area contributed by atoms with Crippen LogP contribution in [0, 0.1) is 11.6 Å². The highest BCUT2D eigenvalue weighted by Gasteiger charge is 2.38. The predicted molar refractivity (Wildman–Crippen MR) is 49.0 cm³/mol. The fraction of sp³-hybridized carbons (Fsp3) is 0.400. The average molecular weight is 239 g/mol. The molecular weight excluding hydrogens is 229 g/mol. The van der Waals surface area contributed by atoms with Gasteiger partial charge in [-0.25, -0.2) is 8.78 Å². The van der Waals surface area contributed by atoms with E-state index in [1.165, 1.54) is 6.07 Å². The van der Waals surface area contributed by atoms with Crippen LogP contribution in [0.1, 0.15) is 5.56 Å². The normalized spacial score (nSPS) is 13.9. The Balaban J connectivity index is 2.91. The van der Waals surface area contributed by atoms with Gasteiger partial charge in [-0.1, -0.05) is 12.1 Å². The molecule has 1 rings (SSSR count). The largest absolute Gasteiger partial charge is 0.404 e.